The van der Waals surface area contributed by atoms with Gasteiger partial charge in [-0.25, -0.2) is 9.59 Å². The molecule has 6 saturated heterocycles. The molecule has 17 heteroatoms. The molecule has 6 atom stereocenters. The van der Waals surface area contributed by atoms with Crippen LogP contribution in [-0.2, 0) is 24.1 Å². The second-order valence-corrected chi connectivity index (χ2v) is 11.4. The van der Waals surface area contributed by atoms with Crippen molar-refractivity contribution in [3.05, 3.63) is 0 Å². The van der Waals surface area contributed by atoms with Crippen molar-refractivity contribution in [2.75, 3.05) is 26.2 Å². The molecule has 0 aromatic rings. The highest BCUT2D eigenvalue weighted by Gasteiger charge is 2.53. The zero-order chi connectivity index (χ0) is 28.7. The van der Waals surface area contributed by atoms with Crippen molar-refractivity contribution < 1.29 is 33.7 Å². The first kappa shape index (κ1) is 27.5. The number of carbonyl (C=O) groups is 6. The molecule has 6 heterocycles. The van der Waals surface area contributed by atoms with E-state index in [1.807, 2.05) is 0 Å². The summed E-state index contributed by atoms with van der Waals surface area (Å²) in [6.45, 7) is 1.98. The van der Waals surface area contributed by atoms with Crippen LogP contribution < -0.4 is 32.3 Å². The van der Waals surface area contributed by atoms with Gasteiger partial charge >= 0.3 is 12.1 Å². The minimum absolute atomic E-state index is 0.242. The molecule has 6 N–H and O–H groups in total. The van der Waals surface area contributed by atoms with Crippen molar-refractivity contribution in [1.82, 2.24) is 52.3 Å². The molecule has 224 valence electrons. The molecule has 6 aliphatic heterocycles. The third-order valence-corrected chi connectivity index (χ3v) is 8.80. The van der Waals surface area contributed by atoms with Gasteiger partial charge in [-0.2, -0.15) is 10.1 Å². The van der Waals surface area contributed by atoms with Crippen LogP contribution in [0.3, 0.4) is 0 Å². The van der Waals surface area contributed by atoms with Gasteiger partial charge in [-0.15, -0.1) is 4.94 Å². The maximum Gasteiger partial charge on any atom is 0.347 e. The number of hydrogen-bond donors (Lipinski definition) is 6. The van der Waals surface area contributed by atoms with Gasteiger partial charge in [0.2, 0.25) is 0 Å². The molecule has 41 heavy (non-hydrogen) atoms. The Morgan fingerprint density at radius 1 is 0.610 bits per heavy atom. The molecular weight excluding hydrogens is 540 g/mol. The van der Waals surface area contributed by atoms with Crippen LogP contribution >= 0.6 is 0 Å². The monoisotopic (exact) mass is 576 g/mol. The van der Waals surface area contributed by atoms with Crippen LogP contribution in [0.25, 0.3) is 0 Å². The molecule has 0 radical (unpaired) electrons. The maximum absolute atomic E-state index is 13.3. The second kappa shape index (κ2) is 11.3. The number of hydrogen-bond acceptors (Lipinski definition) is 9. The fourth-order valence-electron chi connectivity index (χ4n) is 6.52. The van der Waals surface area contributed by atoms with Crippen molar-refractivity contribution in [1.29, 1.82) is 0 Å². The first-order valence-corrected chi connectivity index (χ1v) is 14.4. The number of fused-ring (bicyclic) bond motifs is 4. The van der Waals surface area contributed by atoms with Gasteiger partial charge in [0.15, 0.2) is 0 Å². The van der Waals surface area contributed by atoms with Crippen LogP contribution in [0.1, 0.15) is 51.4 Å². The summed E-state index contributed by atoms with van der Waals surface area (Å²) in [4.78, 5) is 85.3. The molecule has 0 aliphatic carbocycles. The first-order chi connectivity index (χ1) is 19.8. The zero-order valence-electron chi connectivity index (χ0n) is 22.6. The third-order valence-electron chi connectivity index (χ3n) is 8.80. The Morgan fingerprint density at radius 2 is 1.02 bits per heavy atom. The average molecular weight is 577 g/mol. The van der Waals surface area contributed by atoms with Gasteiger partial charge in [-0.3, -0.25) is 40.9 Å². The Balaban J connectivity index is 1.02. The summed E-state index contributed by atoms with van der Waals surface area (Å²) in [5.74, 6) is -1.63. The number of hydroxylamine groups is 4. The van der Waals surface area contributed by atoms with E-state index in [4.69, 9.17) is 4.94 Å². The maximum atomic E-state index is 13.3. The number of hydrazine groups is 2. The number of amides is 8. The van der Waals surface area contributed by atoms with Crippen molar-refractivity contribution in [2.45, 2.75) is 87.6 Å². The summed E-state index contributed by atoms with van der Waals surface area (Å²) in [7, 11) is 0. The van der Waals surface area contributed by atoms with E-state index in [-0.39, 0.29) is 49.1 Å². The van der Waals surface area contributed by atoms with E-state index >= 15 is 0 Å². The van der Waals surface area contributed by atoms with E-state index in [0.717, 1.165) is 36.1 Å². The van der Waals surface area contributed by atoms with E-state index in [0.29, 0.717) is 38.5 Å². The zero-order valence-corrected chi connectivity index (χ0v) is 22.6. The van der Waals surface area contributed by atoms with Crippen molar-refractivity contribution in [2.24, 2.45) is 0 Å². The number of carbonyl (C=O) groups excluding carboxylic acids is 6. The Labute approximate surface area is 235 Å². The molecule has 0 saturated carbocycles. The molecule has 0 aromatic carbocycles. The molecule has 8 amide bonds. The number of nitrogens with zero attached hydrogens (tertiary/aromatic N) is 4. The number of piperidine rings is 2. The molecular formula is C24H36N10O7. The summed E-state index contributed by atoms with van der Waals surface area (Å²) in [6.07, 6.45) is 4.83. The van der Waals surface area contributed by atoms with Gasteiger partial charge in [0.05, 0.1) is 24.2 Å². The standard InChI is InChI=1S/C24H36N10O7/c35-19(15-3-1-9-25-15)27-29-21(37)17-7-5-13-11-31(17)23(39)33(13)41-34-14-6-8-18(32(12-14)24(34)40)22(38)30-28-20(36)16-4-2-10-26-16/h13-18,25-26H,1-12H2,(H,27,35)(H,28,36)(H,29,37)(H,30,38)/t13-,14-,15+,16+,17-,18-/m1/s1. The fourth-order valence-corrected chi connectivity index (χ4v) is 6.52. The fraction of sp³-hybridized carbons (Fsp3) is 0.750. The lowest BCUT2D eigenvalue weighted by atomic mass is 10.0. The van der Waals surface area contributed by atoms with Crippen LogP contribution in [-0.4, -0.2) is 118 Å². The third kappa shape index (κ3) is 5.24. The molecule has 6 aliphatic rings. The van der Waals surface area contributed by atoms with E-state index in [1.54, 1.807) is 0 Å². The SMILES string of the molecule is O=C(NNC(=O)[C@H]1CC[C@@H]2CN1C(=O)N2ON1C(=O)N2C[C@H]1CC[C@@H]2C(=O)NNC(=O)[C@@H]1CCCN1)[C@@H]1CCCN1. The average Bonchev–Trinajstić information content (AvgIpc) is 3.79. The van der Waals surface area contributed by atoms with Crippen LogP contribution in [0.5, 0.6) is 0 Å². The largest absolute Gasteiger partial charge is 0.347 e. The Kier molecular flexibility index (Phi) is 7.56. The summed E-state index contributed by atoms with van der Waals surface area (Å²) >= 11 is 0. The molecule has 4 bridgehead atoms. The number of rotatable bonds is 6. The van der Waals surface area contributed by atoms with Crippen LogP contribution in [0, 0.1) is 0 Å². The summed E-state index contributed by atoms with van der Waals surface area (Å²) < 4.78 is 0. The van der Waals surface area contributed by atoms with Crippen LogP contribution in [0.4, 0.5) is 9.59 Å². The van der Waals surface area contributed by atoms with Crippen LogP contribution in [0.15, 0.2) is 0 Å². The lowest BCUT2D eigenvalue weighted by molar-refractivity contribution is -0.284. The van der Waals surface area contributed by atoms with E-state index in [9.17, 15) is 28.8 Å². The molecule has 6 rings (SSSR count). The minimum Gasteiger partial charge on any atom is -0.309 e. The van der Waals surface area contributed by atoms with Gasteiger partial charge in [0, 0.05) is 13.1 Å². The highest BCUT2D eigenvalue weighted by molar-refractivity contribution is 5.92. The molecule has 0 spiro atoms. The minimum atomic E-state index is -0.788. The molecule has 0 aromatic heterocycles. The topological polar surface area (TPSA) is 197 Å². The van der Waals surface area contributed by atoms with Crippen LogP contribution in [0.2, 0.25) is 0 Å². The highest BCUT2D eigenvalue weighted by atomic mass is 16.9. The summed E-state index contributed by atoms with van der Waals surface area (Å²) in [5, 5.41) is 8.38. The van der Waals surface area contributed by atoms with Gasteiger partial charge in [-0.1, -0.05) is 0 Å². The van der Waals surface area contributed by atoms with E-state index < -0.39 is 36.0 Å². The quantitative estimate of drug-likeness (QED) is 0.181. The first-order valence-electron chi connectivity index (χ1n) is 14.4. The summed E-state index contributed by atoms with van der Waals surface area (Å²) in [6, 6.07) is -4.08. The number of nitrogens with one attached hydrogen (secondary N) is 6. The number of urea groups is 2. The molecule has 17 nitrogen and oxygen atoms in total. The van der Waals surface area contributed by atoms with E-state index in [2.05, 4.69) is 32.3 Å². The summed E-state index contributed by atoms with van der Waals surface area (Å²) in [5.41, 5.74) is 9.75. The van der Waals surface area contributed by atoms with Crippen molar-refractivity contribution in [3.63, 3.8) is 0 Å². The highest BCUT2D eigenvalue weighted by Crippen LogP contribution is 2.35. The predicted octanol–water partition coefficient (Wildman–Crippen LogP) is -2.83. The molecule has 0 unspecified atom stereocenters. The predicted molar refractivity (Wildman–Crippen MR) is 137 cm³/mol. The smallest absolute Gasteiger partial charge is 0.309 e. The van der Waals surface area contributed by atoms with Gasteiger partial charge in [-0.05, 0) is 64.5 Å². The van der Waals surface area contributed by atoms with Crippen molar-refractivity contribution >= 4 is 35.7 Å². The lowest BCUT2D eigenvalue weighted by Crippen LogP contribution is -2.56. The van der Waals surface area contributed by atoms with Gasteiger partial charge in [0.1, 0.15) is 12.1 Å². The van der Waals surface area contributed by atoms with E-state index in [1.165, 1.54) is 9.80 Å². The Bertz CT molecular complexity index is 1030. The molecule has 6 fully saturated rings. The van der Waals surface area contributed by atoms with Gasteiger partial charge < -0.3 is 20.4 Å². The Morgan fingerprint density at radius 3 is 1.41 bits per heavy atom. The van der Waals surface area contributed by atoms with Crippen molar-refractivity contribution in [3.8, 4) is 0 Å². The lowest BCUT2D eigenvalue weighted by Gasteiger charge is -2.30. The van der Waals surface area contributed by atoms with Gasteiger partial charge in [0.25, 0.3) is 23.6 Å². The Hall–Kier alpha value is -3.70. The second-order valence-electron chi connectivity index (χ2n) is 11.4. The normalized spacial score (nSPS) is 32.4.